The number of aromatic nitrogens is 1. The predicted octanol–water partition coefficient (Wildman–Crippen LogP) is 1.62. The van der Waals surface area contributed by atoms with Crippen LogP contribution in [-0.4, -0.2) is 40.2 Å². The maximum absolute atomic E-state index is 13.9. The van der Waals surface area contributed by atoms with Crippen LogP contribution in [0.15, 0.2) is 24.5 Å². The molecule has 3 N–H and O–H groups in total. The molecule has 0 spiro atoms. The molecule has 1 aliphatic heterocycles. The molecule has 0 radical (unpaired) electrons. The zero-order valence-corrected chi connectivity index (χ0v) is 17.5. The van der Waals surface area contributed by atoms with Gasteiger partial charge in [-0.2, -0.15) is 0 Å². The zero-order chi connectivity index (χ0) is 21.1. The van der Waals surface area contributed by atoms with Gasteiger partial charge in [0.2, 0.25) is 17.7 Å². The van der Waals surface area contributed by atoms with Crippen molar-refractivity contribution in [2.45, 2.75) is 58.0 Å². The van der Waals surface area contributed by atoms with Crippen LogP contribution in [0.25, 0.3) is 0 Å². The Bertz CT molecular complexity index is 872. The smallest absolute Gasteiger partial charge is 0.238 e. The molecule has 3 unspecified atom stereocenters. The Labute approximate surface area is 176 Å². The first kappa shape index (κ1) is 19.5. The number of rotatable bonds is 5. The summed E-state index contributed by atoms with van der Waals surface area (Å²) in [6.07, 6.45) is 8.54. The third-order valence-corrected chi connectivity index (χ3v) is 8.33. The van der Waals surface area contributed by atoms with Crippen molar-refractivity contribution in [3.63, 3.8) is 0 Å². The number of amides is 3. The van der Waals surface area contributed by atoms with E-state index in [1.54, 1.807) is 19.3 Å². The number of nitrogens with two attached hydrogens (primary N) is 1. The van der Waals surface area contributed by atoms with Crippen LogP contribution >= 0.6 is 0 Å². The molecule has 160 valence electrons. The van der Waals surface area contributed by atoms with E-state index < -0.39 is 10.8 Å². The van der Waals surface area contributed by atoms with Crippen molar-refractivity contribution in [2.24, 2.45) is 34.3 Å². The van der Waals surface area contributed by atoms with Gasteiger partial charge in [0.05, 0.1) is 0 Å². The lowest BCUT2D eigenvalue weighted by atomic mass is 9.47. The first-order valence-corrected chi connectivity index (χ1v) is 11.1. The molecule has 4 saturated carbocycles. The lowest BCUT2D eigenvalue weighted by molar-refractivity contribution is -0.167. The molecular formula is C23H30N4O3. The molecule has 1 saturated heterocycles. The number of pyridine rings is 1. The summed E-state index contributed by atoms with van der Waals surface area (Å²) in [4.78, 5) is 45.0. The number of carbonyl (C=O) groups is 3. The highest BCUT2D eigenvalue weighted by Gasteiger charge is 2.60. The largest absolute Gasteiger partial charge is 0.369 e. The van der Waals surface area contributed by atoms with E-state index in [-0.39, 0.29) is 35.6 Å². The van der Waals surface area contributed by atoms with Gasteiger partial charge in [0, 0.05) is 36.9 Å². The summed E-state index contributed by atoms with van der Waals surface area (Å²) >= 11 is 0. The number of carbonyl (C=O) groups excluding carboxylic acids is 3. The zero-order valence-electron chi connectivity index (χ0n) is 17.5. The summed E-state index contributed by atoms with van der Waals surface area (Å²) in [5.74, 6) is 0.600. The van der Waals surface area contributed by atoms with Crippen LogP contribution in [0.5, 0.6) is 0 Å². The van der Waals surface area contributed by atoms with E-state index in [2.05, 4.69) is 10.3 Å². The summed E-state index contributed by atoms with van der Waals surface area (Å²) in [6.45, 7) is 2.75. The van der Waals surface area contributed by atoms with Crippen LogP contribution in [0.4, 0.5) is 0 Å². The molecule has 0 aromatic carbocycles. The molecule has 7 nitrogen and oxygen atoms in total. The van der Waals surface area contributed by atoms with Gasteiger partial charge < -0.3 is 16.0 Å². The van der Waals surface area contributed by atoms with Gasteiger partial charge in [-0.3, -0.25) is 19.4 Å². The van der Waals surface area contributed by atoms with Gasteiger partial charge in [-0.25, -0.2) is 0 Å². The Morgan fingerprint density at radius 1 is 1.27 bits per heavy atom. The van der Waals surface area contributed by atoms with Crippen molar-refractivity contribution in [3.8, 4) is 0 Å². The first-order valence-electron chi connectivity index (χ1n) is 11.1. The molecule has 1 aromatic heterocycles. The Morgan fingerprint density at radius 3 is 2.57 bits per heavy atom. The first-order chi connectivity index (χ1) is 14.3. The van der Waals surface area contributed by atoms with Gasteiger partial charge in [0.1, 0.15) is 5.41 Å². The Kier molecular flexibility index (Phi) is 4.42. The van der Waals surface area contributed by atoms with Gasteiger partial charge in [0.25, 0.3) is 0 Å². The van der Waals surface area contributed by atoms with Gasteiger partial charge in [-0.15, -0.1) is 0 Å². The average Bonchev–Trinajstić information content (AvgIpc) is 3.06. The summed E-state index contributed by atoms with van der Waals surface area (Å²) < 4.78 is 0. The van der Waals surface area contributed by atoms with Gasteiger partial charge in [0.15, 0.2) is 0 Å². The molecule has 3 amide bonds. The summed E-state index contributed by atoms with van der Waals surface area (Å²) in [5, 5.41) is 2.84. The molecular weight excluding hydrogens is 380 g/mol. The van der Waals surface area contributed by atoms with Crippen LogP contribution < -0.4 is 11.1 Å². The molecule has 4 bridgehead atoms. The predicted molar refractivity (Wildman–Crippen MR) is 109 cm³/mol. The van der Waals surface area contributed by atoms with Gasteiger partial charge >= 0.3 is 0 Å². The third kappa shape index (κ3) is 2.85. The van der Waals surface area contributed by atoms with Gasteiger partial charge in [-0.05, 0) is 74.8 Å². The Hall–Kier alpha value is -2.44. The standard InChI is InChI=1S/C23H30N4O3/c1-22(4-6-26-20(22)29)21(30)27(13-14-3-2-5-25-12-14)18-16-7-15-8-17(18)11-23(9-15,10-16)19(24)28/h2-3,5,12,15-18H,4,6-11,13H2,1H3,(H2,24,28)(H,26,29). The molecule has 4 aliphatic carbocycles. The van der Waals surface area contributed by atoms with E-state index in [4.69, 9.17) is 5.73 Å². The Morgan fingerprint density at radius 2 is 2.00 bits per heavy atom. The fraction of sp³-hybridized carbons (Fsp3) is 0.652. The number of nitrogens with zero attached hydrogens (tertiary/aromatic N) is 2. The van der Waals surface area contributed by atoms with E-state index in [1.807, 2.05) is 17.0 Å². The Balaban J connectivity index is 1.50. The molecule has 2 heterocycles. The second-order valence-electron chi connectivity index (χ2n) is 10.2. The SMILES string of the molecule is CC1(C(=O)N(Cc2cccnc2)C2C3CC4CC2CC(C(N)=O)(C4)C3)CCNC1=O. The van der Waals surface area contributed by atoms with Crippen LogP contribution in [0, 0.1) is 28.6 Å². The van der Waals surface area contributed by atoms with Crippen LogP contribution in [0.3, 0.4) is 0 Å². The topological polar surface area (TPSA) is 105 Å². The highest BCUT2D eigenvalue weighted by molar-refractivity contribution is 6.06. The normalized spacial score (nSPS) is 39.0. The maximum Gasteiger partial charge on any atom is 0.238 e. The quantitative estimate of drug-likeness (QED) is 0.720. The maximum atomic E-state index is 13.9. The fourth-order valence-electron chi connectivity index (χ4n) is 7.06. The molecule has 5 fully saturated rings. The fourth-order valence-corrected chi connectivity index (χ4v) is 7.06. The number of primary amides is 1. The van der Waals surface area contributed by atoms with Crippen molar-refractivity contribution in [1.82, 2.24) is 15.2 Å². The van der Waals surface area contributed by atoms with Crippen molar-refractivity contribution in [1.29, 1.82) is 0 Å². The van der Waals surface area contributed by atoms with E-state index >= 15 is 0 Å². The minimum atomic E-state index is -1.03. The average molecular weight is 411 g/mol. The van der Waals surface area contributed by atoms with E-state index in [9.17, 15) is 14.4 Å². The molecule has 5 aliphatic rings. The lowest BCUT2D eigenvalue weighted by Gasteiger charge is -2.61. The third-order valence-electron chi connectivity index (χ3n) is 8.33. The monoisotopic (exact) mass is 410 g/mol. The second-order valence-corrected chi connectivity index (χ2v) is 10.2. The van der Waals surface area contributed by atoms with Crippen molar-refractivity contribution >= 4 is 17.7 Å². The minimum Gasteiger partial charge on any atom is -0.369 e. The van der Waals surface area contributed by atoms with Crippen LogP contribution in [0.2, 0.25) is 0 Å². The molecule has 7 heteroatoms. The summed E-state index contributed by atoms with van der Waals surface area (Å²) in [6, 6.07) is 3.90. The van der Waals surface area contributed by atoms with Crippen LogP contribution in [-0.2, 0) is 20.9 Å². The number of nitrogens with one attached hydrogen (secondary N) is 1. The lowest BCUT2D eigenvalue weighted by Crippen LogP contribution is -2.64. The van der Waals surface area contributed by atoms with E-state index in [0.29, 0.717) is 25.4 Å². The molecule has 6 rings (SSSR count). The molecule has 30 heavy (non-hydrogen) atoms. The highest BCUT2D eigenvalue weighted by atomic mass is 16.2. The summed E-state index contributed by atoms with van der Waals surface area (Å²) in [5.41, 5.74) is 5.39. The molecule has 3 atom stereocenters. The number of hydrogen-bond donors (Lipinski definition) is 2. The second kappa shape index (κ2) is 6.79. The van der Waals surface area contributed by atoms with E-state index in [1.165, 1.54) is 0 Å². The van der Waals surface area contributed by atoms with Gasteiger partial charge in [-0.1, -0.05) is 6.07 Å². The van der Waals surface area contributed by atoms with E-state index in [0.717, 1.165) is 37.7 Å². The minimum absolute atomic E-state index is 0.0481. The molecule has 1 aromatic rings. The summed E-state index contributed by atoms with van der Waals surface area (Å²) in [7, 11) is 0. The van der Waals surface area contributed by atoms with Crippen molar-refractivity contribution in [3.05, 3.63) is 30.1 Å². The van der Waals surface area contributed by atoms with Crippen molar-refractivity contribution in [2.75, 3.05) is 6.54 Å². The highest BCUT2D eigenvalue weighted by Crippen LogP contribution is 2.61. The number of hydrogen-bond acceptors (Lipinski definition) is 4. The van der Waals surface area contributed by atoms with Crippen molar-refractivity contribution < 1.29 is 14.4 Å². The van der Waals surface area contributed by atoms with Crippen LogP contribution in [0.1, 0.15) is 51.0 Å².